The molecule has 0 N–H and O–H groups in total. The number of hydrogen-bond acceptors (Lipinski definition) is 2. The molecule has 0 bridgehead atoms. The highest BCUT2D eigenvalue weighted by molar-refractivity contribution is 6.23. The van der Waals surface area contributed by atoms with Gasteiger partial charge >= 0.3 is 0 Å². The fourth-order valence-electron chi connectivity index (χ4n) is 9.20. The van der Waals surface area contributed by atoms with Crippen LogP contribution in [0.25, 0.3) is 77.2 Å². The molecule has 2 nitrogen and oxygen atoms in total. The van der Waals surface area contributed by atoms with Crippen molar-refractivity contribution in [2.75, 3.05) is 4.90 Å². The van der Waals surface area contributed by atoms with Crippen LogP contribution in [0.5, 0.6) is 0 Å². The van der Waals surface area contributed by atoms with Crippen LogP contribution in [0.4, 0.5) is 17.1 Å². The first-order chi connectivity index (χ1) is 28.0. The quantitative estimate of drug-likeness (QED) is 0.169. The number of rotatable bonds is 6. The first-order valence-corrected chi connectivity index (χ1v) is 19.8. The lowest BCUT2D eigenvalue weighted by molar-refractivity contribution is 0.660. The second-order valence-electron chi connectivity index (χ2n) is 15.7. The van der Waals surface area contributed by atoms with Gasteiger partial charge in [-0.15, -0.1) is 0 Å². The second-order valence-corrected chi connectivity index (χ2v) is 15.7. The summed E-state index contributed by atoms with van der Waals surface area (Å²) in [4.78, 5) is 2.36. The topological polar surface area (TPSA) is 16.4 Å². The maximum absolute atomic E-state index is 7.12. The van der Waals surface area contributed by atoms with E-state index >= 15 is 0 Å². The Morgan fingerprint density at radius 3 is 1.70 bits per heavy atom. The Labute approximate surface area is 332 Å². The van der Waals surface area contributed by atoms with Crippen LogP contribution in [0.2, 0.25) is 0 Å². The van der Waals surface area contributed by atoms with E-state index in [1.54, 1.807) is 0 Å². The van der Waals surface area contributed by atoms with Gasteiger partial charge in [0.1, 0.15) is 11.2 Å². The minimum Gasteiger partial charge on any atom is -0.455 e. The lowest BCUT2D eigenvalue weighted by Gasteiger charge is -2.28. The molecule has 1 aromatic heterocycles. The summed E-state index contributed by atoms with van der Waals surface area (Å²) in [6.07, 6.45) is 0. The fourth-order valence-corrected chi connectivity index (χ4v) is 9.20. The van der Waals surface area contributed by atoms with Gasteiger partial charge in [0.2, 0.25) is 0 Å². The number of para-hydroxylation sites is 1. The van der Waals surface area contributed by atoms with Crippen LogP contribution < -0.4 is 4.90 Å². The van der Waals surface area contributed by atoms with E-state index in [4.69, 9.17) is 4.42 Å². The molecule has 0 fully saturated rings. The maximum Gasteiger partial charge on any atom is 0.143 e. The SMILES string of the molecule is CC1(C)c2ccccc2-c2ccc(N(c3ccccc3)c3ccc4c(c3)oc3c(-c5cc(-c6ccccc6)cc(-c6ccccc6)c5)cc5ccccc5c34)cc21. The van der Waals surface area contributed by atoms with Crippen molar-refractivity contribution in [3.05, 3.63) is 211 Å². The van der Waals surface area contributed by atoms with Crippen molar-refractivity contribution in [2.24, 2.45) is 0 Å². The van der Waals surface area contributed by atoms with Crippen molar-refractivity contribution >= 4 is 49.8 Å². The highest BCUT2D eigenvalue weighted by Gasteiger charge is 2.35. The van der Waals surface area contributed by atoms with Gasteiger partial charge in [0.05, 0.1) is 0 Å². The van der Waals surface area contributed by atoms with Crippen molar-refractivity contribution < 1.29 is 4.42 Å². The number of fused-ring (bicyclic) bond motifs is 8. The van der Waals surface area contributed by atoms with Crippen LogP contribution in [0.15, 0.2) is 205 Å². The fraction of sp³-hybridized carbons (Fsp3) is 0.0545. The van der Waals surface area contributed by atoms with Gasteiger partial charge in [0, 0.05) is 44.9 Å². The highest BCUT2D eigenvalue weighted by atomic mass is 16.3. The summed E-state index contributed by atoms with van der Waals surface area (Å²) >= 11 is 0. The van der Waals surface area contributed by atoms with Gasteiger partial charge in [0.25, 0.3) is 0 Å². The molecule has 0 saturated carbocycles. The van der Waals surface area contributed by atoms with E-state index < -0.39 is 0 Å². The zero-order valence-corrected chi connectivity index (χ0v) is 31.9. The Bertz CT molecular complexity index is 3080. The summed E-state index contributed by atoms with van der Waals surface area (Å²) < 4.78 is 7.12. The molecule has 0 spiro atoms. The van der Waals surface area contributed by atoms with Crippen molar-refractivity contribution in [3.63, 3.8) is 0 Å². The molecule has 270 valence electrons. The summed E-state index contributed by atoms with van der Waals surface area (Å²) in [5.74, 6) is 0. The average Bonchev–Trinajstić information content (AvgIpc) is 3.76. The predicted octanol–water partition coefficient (Wildman–Crippen LogP) is 15.5. The maximum atomic E-state index is 7.12. The summed E-state index contributed by atoms with van der Waals surface area (Å²) in [6.45, 7) is 4.68. The Balaban J connectivity index is 1.12. The Kier molecular flexibility index (Phi) is 7.55. The first kappa shape index (κ1) is 33.2. The van der Waals surface area contributed by atoms with Crippen molar-refractivity contribution in [2.45, 2.75) is 19.3 Å². The van der Waals surface area contributed by atoms with Gasteiger partial charge < -0.3 is 9.32 Å². The first-order valence-electron chi connectivity index (χ1n) is 19.8. The van der Waals surface area contributed by atoms with Crippen LogP contribution in [0.3, 0.4) is 0 Å². The third-order valence-corrected chi connectivity index (χ3v) is 12.0. The van der Waals surface area contributed by atoms with E-state index in [-0.39, 0.29) is 5.41 Å². The molecule has 9 aromatic carbocycles. The Morgan fingerprint density at radius 1 is 0.386 bits per heavy atom. The number of hydrogen-bond donors (Lipinski definition) is 0. The van der Waals surface area contributed by atoms with Crippen LogP contribution in [-0.2, 0) is 5.41 Å². The second kappa shape index (κ2) is 13.0. The van der Waals surface area contributed by atoms with Crippen LogP contribution in [-0.4, -0.2) is 0 Å². The minimum absolute atomic E-state index is 0.108. The van der Waals surface area contributed by atoms with E-state index in [1.165, 1.54) is 55.3 Å². The normalized spacial score (nSPS) is 12.9. The standard InChI is InChI=1S/C55H39NO/c1-55(2)50-25-15-14-24-46(50)47-28-26-43(34-51(47)55)56(42-21-10-5-11-22-42)44-27-29-48-52(35-44)57-54-49(33-38-20-12-13-23-45(38)53(48)54)41-31-39(36-16-6-3-7-17-36)30-40(32-41)37-18-8-4-9-19-37/h3-35H,1-2H3. The molecule has 0 radical (unpaired) electrons. The van der Waals surface area contributed by atoms with E-state index in [0.29, 0.717) is 0 Å². The van der Waals surface area contributed by atoms with E-state index in [1.807, 2.05) is 0 Å². The number of nitrogens with zero attached hydrogens (tertiary/aromatic N) is 1. The van der Waals surface area contributed by atoms with E-state index in [2.05, 4.69) is 219 Å². The summed E-state index contributed by atoms with van der Waals surface area (Å²) in [6, 6.07) is 72.5. The van der Waals surface area contributed by atoms with Gasteiger partial charge in [-0.1, -0.05) is 147 Å². The average molecular weight is 730 g/mol. The third kappa shape index (κ3) is 5.40. The molecule has 0 aliphatic heterocycles. The van der Waals surface area contributed by atoms with E-state index in [0.717, 1.165) is 50.1 Å². The van der Waals surface area contributed by atoms with Crippen molar-refractivity contribution in [1.29, 1.82) is 0 Å². The zero-order valence-electron chi connectivity index (χ0n) is 31.9. The van der Waals surface area contributed by atoms with Crippen LogP contribution >= 0.6 is 0 Å². The third-order valence-electron chi connectivity index (χ3n) is 12.0. The molecule has 0 atom stereocenters. The monoisotopic (exact) mass is 729 g/mol. The van der Waals surface area contributed by atoms with Crippen LogP contribution in [0.1, 0.15) is 25.0 Å². The molecule has 0 amide bonds. The summed E-state index contributed by atoms with van der Waals surface area (Å²) in [5, 5.41) is 4.61. The van der Waals surface area contributed by atoms with Crippen molar-refractivity contribution in [1.82, 2.24) is 0 Å². The largest absolute Gasteiger partial charge is 0.455 e. The molecule has 1 aliphatic carbocycles. The molecule has 10 aromatic rings. The Hall–Kier alpha value is -7.16. The lowest BCUT2D eigenvalue weighted by atomic mass is 9.82. The highest BCUT2D eigenvalue weighted by Crippen LogP contribution is 2.51. The molecule has 11 rings (SSSR count). The van der Waals surface area contributed by atoms with Gasteiger partial charge in [-0.25, -0.2) is 0 Å². The smallest absolute Gasteiger partial charge is 0.143 e. The number of anilines is 3. The minimum atomic E-state index is -0.108. The molecule has 1 heterocycles. The predicted molar refractivity (Wildman–Crippen MR) is 240 cm³/mol. The molecular weight excluding hydrogens is 691 g/mol. The molecule has 2 heteroatoms. The summed E-state index contributed by atoms with van der Waals surface area (Å²) in [5.41, 5.74) is 17.2. The summed E-state index contributed by atoms with van der Waals surface area (Å²) in [7, 11) is 0. The molecule has 0 unspecified atom stereocenters. The number of benzene rings is 9. The van der Waals surface area contributed by atoms with Gasteiger partial charge in [-0.3, -0.25) is 0 Å². The van der Waals surface area contributed by atoms with Crippen molar-refractivity contribution in [3.8, 4) is 44.5 Å². The Morgan fingerprint density at radius 2 is 0.965 bits per heavy atom. The van der Waals surface area contributed by atoms with Crippen LogP contribution in [0, 0.1) is 0 Å². The van der Waals surface area contributed by atoms with E-state index in [9.17, 15) is 0 Å². The molecule has 0 saturated heterocycles. The number of furan rings is 1. The molecule has 57 heavy (non-hydrogen) atoms. The molecule has 1 aliphatic rings. The lowest BCUT2D eigenvalue weighted by Crippen LogP contribution is -2.16. The zero-order chi connectivity index (χ0) is 38.1. The van der Waals surface area contributed by atoms with Gasteiger partial charge in [0.15, 0.2) is 0 Å². The van der Waals surface area contributed by atoms with Gasteiger partial charge in [-0.2, -0.15) is 0 Å². The molecular formula is C55H39NO. The van der Waals surface area contributed by atoms with Gasteiger partial charge in [-0.05, 0) is 122 Å².